The molecule has 3 nitrogen and oxygen atoms in total. The molecule has 0 atom stereocenters. The molecule has 0 aromatic carbocycles. The Labute approximate surface area is 73.7 Å². The molecule has 0 bridgehead atoms. The number of rotatable bonds is 8. The number of hydrogen-bond donors (Lipinski definition) is 2. The zero-order valence-corrected chi connectivity index (χ0v) is 7.69. The number of ether oxygens (including phenoxy) is 2. The molecule has 2 N–H and O–H groups in total. The summed E-state index contributed by atoms with van der Waals surface area (Å²) in [5.74, 6) is 0.767. The predicted octanol–water partition coefficient (Wildman–Crippen LogP) is 0.298. The van der Waals surface area contributed by atoms with Gasteiger partial charge in [0.05, 0.1) is 19.8 Å². The molecule has 68 valence electrons. The highest BCUT2D eigenvalue weighted by atomic mass is 32.1. The van der Waals surface area contributed by atoms with Crippen LogP contribution in [0.4, 0.5) is 0 Å². The molecule has 4 heteroatoms. The number of hydrogen-bond acceptors (Lipinski definition) is 4. The highest BCUT2D eigenvalue weighted by Gasteiger charge is 1.87. The van der Waals surface area contributed by atoms with E-state index in [0.717, 1.165) is 18.8 Å². The van der Waals surface area contributed by atoms with Crippen molar-refractivity contribution in [3.8, 4) is 0 Å². The lowest BCUT2D eigenvalue weighted by Gasteiger charge is -2.03. The topological polar surface area (TPSA) is 44.5 Å². The molecule has 0 rings (SSSR count). The van der Waals surface area contributed by atoms with E-state index in [0.29, 0.717) is 26.4 Å². The van der Waals surface area contributed by atoms with Crippen molar-refractivity contribution >= 4 is 12.6 Å². The van der Waals surface area contributed by atoms with Gasteiger partial charge in [-0.2, -0.15) is 12.6 Å². The lowest BCUT2D eigenvalue weighted by atomic mass is 10.5. The molecule has 0 aromatic heterocycles. The summed E-state index contributed by atoms with van der Waals surface area (Å²) >= 11 is 4.00. The van der Waals surface area contributed by atoms with Gasteiger partial charge in [0.25, 0.3) is 0 Å². The van der Waals surface area contributed by atoms with Gasteiger partial charge in [-0.3, -0.25) is 0 Å². The lowest BCUT2D eigenvalue weighted by molar-refractivity contribution is 0.0536. The predicted molar refractivity (Wildman–Crippen MR) is 49.2 cm³/mol. The molecule has 0 spiro atoms. The lowest BCUT2D eigenvalue weighted by Crippen LogP contribution is -2.09. The molecule has 0 fully saturated rings. The van der Waals surface area contributed by atoms with E-state index in [9.17, 15) is 0 Å². The number of nitrogens with two attached hydrogens (primary N) is 1. The van der Waals surface area contributed by atoms with Crippen molar-refractivity contribution in [2.45, 2.75) is 6.42 Å². The third-order valence-corrected chi connectivity index (χ3v) is 1.28. The molecule has 0 radical (unpaired) electrons. The summed E-state index contributed by atoms with van der Waals surface area (Å²) in [6, 6.07) is 0. The summed E-state index contributed by atoms with van der Waals surface area (Å²) in [7, 11) is 0. The molecular weight excluding hydrogens is 162 g/mol. The van der Waals surface area contributed by atoms with Crippen LogP contribution < -0.4 is 5.73 Å². The molecule has 0 saturated carbocycles. The summed E-state index contributed by atoms with van der Waals surface area (Å²) in [6.45, 7) is 3.44. The van der Waals surface area contributed by atoms with Crippen LogP contribution in [0.25, 0.3) is 0 Å². The van der Waals surface area contributed by atoms with Crippen molar-refractivity contribution in [1.29, 1.82) is 0 Å². The summed E-state index contributed by atoms with van der Waals surface area (Å²) in [4.78, 5) is 0. The minimum absolute atomic E-state index is 0.658. The molecule has 0 unspecified atom stereocenters. The molecule has 0 heterocycles. The van der Waals surface area contributed by atoms with Gasteiger partial charge in [-0.25, -0.2) is 0 Å². The van der Waals surface area contributed by atoms with E-state index in [4.69, 9.17) is 15.2 Å². The molecule has 0 aliphatic heterocycles. The maximum Gasteiger partial charge on any atom is 0.0700 e. The second-order valence-electron chi connectivity index (χ2n) is 2.09. The van der Waals surface area contributed by atoms with Gasteiger partial charge in [0.15, 0.2) is 0 Å². The fraction of sp³-hybridized carbons (Fsp3) is 1.00. The van der Waals surface area contributed by atoms with Crippen LogP contribution in [0.2, 0.25) is 0 Å². The summed E-state index contributed by atoms with van der Waals surface area (Å²) in [5, 5.41) is 0. The molecular formula is C7H17NO2S. The highest BCUT2D eigenvalue weighted by Crippen LogP contribution is 1.82. The fourth-order valence-corrected chi connectivity index (χ4v) is 0.701. The van der Waals surface area contributed by atoms with Crippen LogP contribution in [-0.4, -0.2) is 38.7 Å². The van der Waals surface area contributed by atoms with E-state index in [-0.39, 0.29) is 0 Å². The van der Waals surface area contributed by atoms with Crippen LogP contribution in [0.5, 0.6) is 0 Å². The zero-order chi connectivity index (χ0) is 8.36. The minimum Gasteiger partial charge on any atom is -0.379 e. The fourth-order valence-electron chi connectivity index (χ4n) is 0.572. The van der Waals surface area contributed by atoms with Crippen molar-refractivity contribution in [1.82, 2.24) is 0 Å². The SMILES string of the molecule is NCCCOCCOCCS. The van der Waals surface area contributed by atoms with Crippen LogP contribution in [0, 0.1) is 0 Å². The monoisotopic (exact) mass is 179 g/mol. The minimum atomic E-state index is 0.658. The van der Waals surface area contributed by atoms with Crippen molar-refractivity contribution in [2.75, 3.05) is 38.7 Å². The van der Waals surface area contributed by atoms with Gasteiger partial charge in [-0.05, 0) is 13.0 Å². The molecule has 0 aromatic rings. The van der Waals surface area contributed by atoms with Crippen LogP contribution in [0.1, 0.15) is 6.42 Å². The first-order valence-electron chi connectivity index (χ1n) is 3.88. The van der Waals surface area contributed by atoms with Crippen LogP contribution in [0.3, 0.4) is 0 Å². The van der Waals surface area contributed by atoms with Crippen molar-refractivity contribution < 1.29 is 9.47 Å². The second kappa shape index (κ2) is 10.2. The largest absolute Gasteiger partial charge is 0.379 e. The van der Waals surface area contributed by atoms with Gasteiger partial charge < -0.3 is 15.2 Å². The van der Waals surface area contributed by atoms with Gasteiger partial charge in [-0.1, -0.05) is 0 Å². The van der Waals surface area contributed by atoms with E-state index in [1.165, 1.54) is 0 Å². The maximum absolute atomic E-state index is 5.27. The third kappa shape index (κ3) is 10.2. The van der Waals surface area contributed by atoms with E-state index in [2.05, 4.69) is 12.6 Å². The third-order valence-electron chi connectivity index (χ3n) is 1.10. The average molecular weight is 179 g/mol. The van der Waals surface area contributed by atoms with Crippen molar-refractivity contribution in [3.05, 3.63) is 0 Å². The zero-order valence-electron chi connectivity index (χ0n) is 6.79. The van der Waals surface area contributed by atoms with Gasteiger partial charge in [0, 0.05) is 12.4 Å². The Morgan fingerprint density at radius 2 is 1.64 bits per heavy atom. The van der Waals surface area contributed by atoms with Crippen molar-refractivity contribution in [3.63, 3.8) is 0 Å². The Morgan fingerprint density at radius 3 is 2.18 bits per heavy atom. The Kier molecular flexibility index (Phi) is 10.4. The van der Waals surface area contributed by atoms with E-state index >= 15 is 0 Å². The van der Waals surface area contributed by atoms with Crippen LogP contribution in [0.15, 0.2) is 0 Å². The Hall–Kier alpha value is 0.230. The summed E-state index contributed by atoms with van der Waals surface area (Å²) in [6.07, 6.45) is 0.923. The summed E-state index contributed by atoms with van der Waals surface area (Å²) in [5.41, 5.74) is 5.27. The second-order valence-corrected chi connectivity index (χ2v) is 2.54. The smallest absolute Gasteiger partial charge is 0.0700 e. The molecule has 0 saturated heterocycles. The number of thiol groups is 1. The van der Waals surface area contributed by atoms with E-state index < -0.39 is 0 Å². The standard InChI is InChI=1S/C7H17NO2S/c8-2-1-3-9-4-5-10-6-7-11/h11H,1-8H2. The first-order chi connectivity index (χ1) is 5.41. The molecule has 0 aliphatic rings. The Morgan fingerprint density at radius 1 is 1.00 bits per heavy atom. The average Bonchev–Trinajstić information content (AvgIpc) is 2.03. The highest BCUT2D eigenvalue weighted by molar-refractivity contribution is 7.80. The molecule has 0 amide bonds. The Bertz CT molecular complexity index is 65.5. The maximum atomic E-state index is 5.27. The van der Waals surface area contributed by atoms with Crippen LogP contribution >= 0.6 is 12.6 Å². The van der Waals surface area contributed by atoms with Crippen molar-refractivity contribution in [2.24, 2.45) is 5.73 Å². The quantitative estimate of drug-likeness (QED) is 0.416. The van der Waals surface area contributed by atoms with Gasteiger partial charge in [0.1, 0.15) is 0 Å². The van der Waals surface area contributed by atoms with E-state index in [1.807, 2.05) is 0 Å². The van der Waals surface area contributed by atoms with Gasteiger partial charge in [-0.15, -0.1) is 0 Å². The molecule has 11 heavy (non-hydrogen) atoms. The van der Waals surface area contributed by atoms with Crippen LogP contribution in [-0.2, 0) is 9.47 Å². The Balaban J connectivity index is 2.69. The first kappa shape index (κ1) is 11.2. The van der Waals surface area contributed by atoms with E-state index in [1.54, 1.807) is 0 Å². The summed E-state index contributed by atoms with van der Waals surface area (Å²) < 4.78 is 10.3. The molecule has 0 aliphatic carbocycles. The van der Waals surface area contributed by atoms with Gasteiger partial charge in [0.2, 0.25) is 0 Å². The normalized spacial score (nSPS) is 10.4. The van der Waals surface area contributed by atoms with Gasteiger partial charge >= 0.3 is 0 Å². The first-order valence-corrected chi connectivity index (χ1v) is 4.51.